The number of hydrogen-bond donors (Lipinski definition) is 0. The highest BCUT2D eigenvalue weighted by molar-refractivity contribution is 9.10. The Hall–Kier alpha value is -0.420. The monoisotopic (exact) mass is 278 g/mol. The van der Waals surface area contributed by atoms with Crippen molar-refractivity contribution in [1.82, 2.24) is 0 Å². The van der Waals surface area contributed by atoms with E-state index in [-0.39, 0.29) is 11.9 Å². The molecule has 1 rings (SSSR count). The lowest BCUT2D eigenvalue weighted by Gasteiger charge is -2.09. The van der Waals surface area contributed by atoms with E-state index in [0.29, 0.717) is 16.2 Å². The Labute approximate surface area is 95.3 Å². The van der Waals surface area contributed by atoms with E-state index < -0.39 is 0 Å². The fraction of sp³-hybridized carbons (Fsp3) is 0.444. The van der Waals surface area contributed by atoms with Gasteiger partial charge in [0.2, 0.25) is 0 Å². The highest BCUT2D eigenvalue weighted by Gasteiger charge is 2.23. The van der Waals surface area contributed by atoms with Crippen LogP contribution in [0.15, 0.2) is 21.2 Å². The zero-order valence-electron chi connectivity index (χ0n) is 7.95. The molecule has 1 unspecified atom stereocenters. The average molecular weight is 279 g/mol. The molecule has 0 saturated carbocycles. The lowest BCUT2D eigenvalue weighted by Crippen LogP contribution is -2.15. The quantitative estimate of drug-likeness (QED) is 0.794. The first kappa shape index (κ1) is 11.7. The van der Waals surface area contributed by atoms with Gasteiger partial charge >= 0.3 is 5.97 Å². The van der Waals surface area contributed by atoms with Crippen molar-refractivity contribution >= 4 is 33.7 Å². The molecular weight excluding hydrogens is 268 g/mol. The Kier molecular flexibility index (Phi) is 4.54. The standard InChI is InChI=1S/C9H11BrO3S/c1-12-9(11)6(5-14-2)7-3-4-8(10)13-7/h3-4,6H,5H2,1-2H3. The van der Waals surface area contributed by atoms with E-state index in [1.165, 1.54) is 7.11 Å². The number of halogens is 1. The minimum Gasteiger partial charge on any atom is -0.468 e. The average Bonchev–Trinajstić information content (AvgIpc) is 2.60. The van der Waals surface area contributed by atoms with Gasteiger partial charge in [0.15, 0.2) is 4.67 Å². The second kappa shape index (κ2) is 5.46. The third-order valence-electron chi connectivity index (χ3n) is 1.76. The van der Waals surface area contributed by atoms with E-state index >= 15 is 0 Å². The summed E-state index contributed by atoms with van der Waals surface area (Å²) in [5.74, 6) is 0.715. The van der Waals surface area contributed by atoms with Crippen LogP contribution in [0.3, 0.4) is 0 Å². The van der Waals surface area contributed by atoms with Crippen LogP contribution in [0.2, 0.25) is 0 Å². The number of furan rings is 1. The Bertz CT molecular complexity index is 311. The molecule has 5 heteroatoms. The second-order valence-corrected chi connectivity index (χ2v) is 4.37. The third-order valence-corrected chi connectivity index (χ3v) is 2.85. The number of esters is 1. The zero-order chi connectivity index (χ0) is 10.6. The van der Waals surface area contributed by atoms with Gasteiger partial charge in [-0.25, -0.2) is 0 Å². The van der Waals surface area contributed by atoms with E-state index in [0.717, 1.165) is 0 Å². The van der Waals surface area contributed by atoms with E-state index in [2.05, 4.69) is 15.9 Å². The lowest BCUT2D eigenvalue weighted by atomic mass is 10.1. The minimum atomic E-state index is -0.318. The van der Waals surface area contributed by atoms with Crippen LogP contribution in [-0.2, 0) is 9.53 Å². The van der Waals surface area contributed by atoms with Crippen molar-refractivity contribution < 1.29 is 13.9 Å². The van der Waals surface area contributed by atoms with Crippen molar-refractivity contribution in [2.75, 3.05) is 19.1 Å². The first-order valence-electron chi connectivity index (χ1n) is 4.01. The summed E-state index contributed by atoms with van der Waals surface area (Å²) in [7, 11) is 1.38. The molecule has 0 spiro atoms. The van der Waals surface area contributed by atoms with Gasteiger partial charge in [0.25, 0.3) is 0 Å². The number of rotatable bonds is 4. The number of thioether (sulfide) groups is 1. The molecule has 0 N–H and O–H groups in total. The van der Waals surface area contributed by atoms with Crippen LogP contribution < -0.4 is 0 Å². The van der Waals surface area contributed by atoms with Crippen LogP contribution in [0.1, 0.15) is 11.7 Å². The Morgan fingerprint density at radius 3 is 2.86 bits per heavy atom. The van der Waals surface area contributed by atoms with Crippen molar-refractivity contribution in [2.45, 2.75) is 5.92 Å². The van der Waals surface area contributed by atoms with Gasteiger partial charge in [-0.1, -0.05) is 0 Å². The van der Waals surface area contributed by atoms with Gasteiger partial charge in [0.1, 0.15) is 11.7 Å². The maximum atomic E-state index is 11.4. The number of methoxy groups -OCH3 is 1. The first-order valence-corrected chi connectivity index (χ1v) is 6.19. The molecule has 0 aliphatic rings. The molecule has 0 bridgehead atoms. The molecular formula is C9H11BrO3S. The van der Waals surface area contributed by atoms with E-state index in [4.69, 9.17) is 9.15 Å². The van der Waals surface area contributed by atoms with Crippen molar-refractivity contribution in [3.8, 4) is 0 Å². The number of ether oxygens (including phenoxy) is 1. The summed E-state index contributed by atoms with van der Waals surface area (Å²) >= 11 is 4.78. The molecule has 0 aromatic carbocycles. The molecule has 0 aliphatic carbocycles. The van der Waals surface area contributed by atoms with Crippen molar-refractivity contribution in [3.05, 3.63) is 22.6 Å². The topological polar surface area (TPSA) is 39.4 Å². The van der Waals surface area contributed by atoms with Crippen LogP contribution in [0, 0.1) is 0 Å². The van der Waals surface area contributed by atoms with E-state index in [1.807, 2.05) is 6.26 Å². The van der Waals surface area contributed by atoms with Gasteiger partial charge < -0.3 is 9.15 Å². The highest BCUT2D eigenvalue weighted by Crippen LogP contribution is 2.25. The molecule has 0 amide bonds. The second-order valence-electron chi connectivity index (χ2n) is 2.67. The molecule has 0 radical (unpaired) electrons. The fourth-order valence-electron chi connectivity index (χ4n) is 1.09. The molecule has 1 atom stereocenters. The maximum absolute atomic E-state index is 11.4. The minimum absolute atomic E-state index is 0.263. The largest absolute Gasteiger partial charge is 0.468 e. The van der Waals surface area contributed by atoms with Crippen LogP contribution in [0.5, 0.6) is 0 Å². The molecule has 14 heavy (non-hydrogen) atoms. The lowest BCUT2D eigenvalue weighted by molar-refractivity contribution is -0.142. The number of hydrogen-bond acceptors (Lipinski definition) is 4. The SMILES string of the molecule is COC(=O)C(CSC)c1ccc(Br)o1. The summed E-state index contributed by atoms with van der Waals surface area (Å²) < 4.78 is 10.7. The van der Waals surface area contributed by atoms with Gasteiger partial charge in [-0.15, -0.1) is 0 Å². The molecule has 1 heterocycles. The van der Waals surface area contributed by atoms with Crippen LogP contribution in [0.25, 0.3) is 0 Å². The molecule has 0 saturated heterocycles. The summed E-state index contributed by atoms with van der Waals surface area (Å²) in [6.07, 6.45) is 1.94. The van der Waals surface area contributed by atoms with E-state index in [1.54, 1.807) is 23.9 Å². The molecule has 0 aliphatic heterocycles. The maximum Gasteiger partial charge on any atom is 0.317 e. The van der Waals surface area contributed by atoms with Crippen LogP contribution in [0.4, 0.5) is 0 Å². The van der Waals surface area contributed by atoms with E-state index in [9.17, 15) is 4.79 Å². The van der Waals surface area contributed by atoms with Gasteiger partial charge in [-0.05, 0) is 34.3 Å². The summed E-state index contributed by atoms with van der Waals surface area (Å²) in [4.78, 5) is 11.4. The Morgan fingerprint density at radius 1 is 1.71 bits per heavy atom. The first-order chi connectivity index (χ1) is 6.69. The predicted molar refractivity (Wildman–Crippen MR) is 59.5 cm³/mol. The third kappa shape index (κ3) is 2.78. The molecule has 3 nitrogen and oxygen atoms in total. The smallest absolute Gasteiger partial charge is 0.317 e. The van der Waals surface area contributed by atoms with Crippen molar-refractivity contribution in [1.29, 1.82) is 0 Å². The highest BCUT2D eigenvalue weighted by atomic mass is 79.9. The zero-order valence-corrected chi connectivity index (χ0v) is 10.4. The molecule has 78 valence electrons. The van der Waals surface area contributed by atoms with Crippen LogP contribution in [-0.4, -0.2) is 25.1 Å². The van der Waals surface area contributed by atoms with Gasteiger partial charge in [-0.3, -0.25) is 4.79 Å². The summed E-state index contributed by atoms with van der Waals surface area (Å²) in [5.41, 5.74) is 0. The van der Waals surface area contributed by atoms with Crippen molar-refractivity contribution in [2.24, 2.45) is 0 Å². The van der Waals surface area contributed by atoms with Crippen molar-refractivity contribution in [3.63, 3.8) is 0 Å². The molecule has 1 aromatic heterocycles. The van der Waals surface area contributed by atoms with Crippen LogP contribution >= 0.6 is 27.7 Å². The molecule has 0 fully saturated rings. The number of carbonyl (C=O) groups is 1. The van der Waals surface area contributed by atoms with Gasteiger partial charge in [0, 0.05) is 5.75 Å². The Morgan fingerprint density at radius 2 is 2.43 bits per heavy atom. The predicted octanol–water partition coefficient (Wildman–Crippen LogP) is 2.66. The number of carbonyl (C=O) groups excluding carboxylic acids is 1. The normalized spacial score (nSPS) is 12.5. The van der Waals surface area contributed by atoms with Gasteiger partial charge in [-0.2, -0.15) is 11.8 Å². The molecule has 1 aromatic rings. The summed E-state index contributed by atoms with van der Waals surface area (Å²) in [6.45, 7) is 0. The van der Waals surface area contributed by atoms with Gasteiger partial charge in [0.05, 0.1) is 7.11 Å². The summed E-state index contributed by atoms with van der Waals surface area (Å²) in [5, 5.41) is 0. The fourth-order valence-corrected chi connectivity index (χ4v) is 2.04. The Balaban J connectivity index is 2.82. The summed E-state index contributed by atoms with van der Waals surface area (Å²) in [6, 6.07) is 3.55.